The van der Waals surface area contributed by atoms with Gasteiger partial charge in [0.25, 0.3) is 0 Å². The van der Waals surface area contributed by atoms with Crippen LogP contribution in [-0.2, 0) is 0 Å². The molecule has 15 heavy (non-hydrogen) atoms. The lowest BCUT2D eigenvalue weighted by Gasteiger charge is -2.04. The molecule has 0 bridgehead atoms. The van der Waals surface area contributed by atoms with Crippen LogP contribution in [0, 0.1) is 17.7 Å². The summed E-state index contributed by atoms with van der Waals surface area (Å²) in [5.41, 5.74) is 0. The van der Waals surface area contributed by atoms with Crippen LogP contribution in [0.4, 0.5) is 8.78 Å². The molecule has 2 aromatic rings. The highest BCUT2D eigenvalue weighted by molar-refractivity contribution is 5.28. The lowest BCUT2D eigenvalue weighted by atomic mass is 10.3. The molecule has 2 rings (SSSR count). The zero-order valence-electron chi connectivity index (χ0n) is 7.58. The maximum Gasteiger partial charge on any atom is 0.219 e. The number of rotatable bonds is 2. The van der Waals surface area contributed by atoms with Crippen LogP contribution < -0.4 is 4.74 Å². The number of pyridine rings is 1. The van der Waals surface area contributed by atoms with E-state index in [1.165, 1.54) is 12.3 Å². The highest BCUT2D eigenvalue weighted by atomic mass is 19.1. The van der Waals surface area contributed by atoms with E-state index in [4.69, 9.17) is 4.74 Å². The molecule has 0 aliphatic heterocycles. The Kier molecular flexibility index (Phi) is 2.58. The summed E-state index contributed by atoms with van der Waals surface area (Å²) in [7, 11) is 0. The Morgan fingerprint density at radius 3 is 2.80 bits per heavy atom. The summed E-state index contributed by atoms with van der Waals surface area (Å²) in [6, 6.07) is 8.75. The van der Waals surface area contributed by atoms with Crippen LogP contribution in [0.2, 0.25) is 0 Å². The van der Waals surface area contributed by atoms with Gasteiger partial charge in [-0.2, -0.15) is 0 Å². The van der Waals surface area contributed by atoms with Gasteiger partial charge >= 0.3 is 0 Å². The number of halogens is 2. The van der Waals surface area contributed by atoms with Crippen molar-refractivity contribution in [1.82, 2.24) is 4.98 Å². The van der Waals surface area contributed by atoms with Gasteiger partial charge in [-0.3, -0.25) is 0 Å². The first-order chi connectivity index (χ1) is 7.25. The van der Waals surface area contributed by atoms with Crippen molar-refractivity contribution in [2.24, 2.45) is 0 Å². The summed E-state index contributed by atoms with van der Waals surface area (Å²) >= 11 is 0. The van der Waals surface area contributed by atoms with E-state index in [1.54, 1.807) is 6.07 Å². The van der Waals surface area contributed by atoms with E-state index < -0.39 is 11.6 Å². The molecule has 0 N–H and O–H groups in total. The Hall–Kier alpha value is -1.97. The average Bonchev–Trinajstić information content (AvgIpc) is 2.25. The van der Waals surface area contributed by atoms with Crippen molar-refractivity contribution in [3.63, 3.8) is 0 Å². The van der Waals surface area contributed by atoms with Crippen LogP contribution >= 0.6 is 0 Å². The number of ether oxygens (including phenoxy) is 1. The highest BCUT2D eigenvalue weighted by Gasteiger charge is 2.06. The standard InChI is InChI=1S/C11H6F2NO/c12-8-4-5-9(13)10(7-8)15-11-3-1-2-6-14-11/h1,3-7H. The van der Waals surface area contributed by atoms with Gasteiger partial charge in [0.05, 0.1) is 0 Å². The average molecular weight is 206 g/mol. The van der Waals surface area contributed by atoms with E-state index >= 15 is 0 Å². The highest BCUT2D eigenvalue weighted by Crippen LogP contribution is 2.23. The molecule has 2 nitrogen and oxygen atoms in total. The van der Waals surface area contributed by atoms with Gasteiger partial charge in [0.2, 0.25) is 5.88 Å². The van der Waals surface area contributed by atoms with Crippen molar-refractivity contribution in [2.45, 2.75) is 0 Å². The Morgan fingerprint density at radius 2 is 2.07 bits per heavy atom. The summed E-state index contributed by atoms with van der Waals surface area (Å²) < 4.78 is 30.9. The van der Waals surface area contributed by atoms with E-state index in [-0.39, 0.29) is 11.6 Å². The van der Waals surface area contributed by atoms with Crippen molar-refractivity contribution in [3.8, 4) is 11.6 Å². The zero-order valence-corrected chi connectivity index (χ0v) is 7.58. The molecule has 0 saturated carbocycles. The molecular formula is C11H6F2NO. The van der Waals surface area contributed by atoms with Gasteiger partial charge in [-0.1, -0.05) is 0 Å². The minimum atomic E-state index is -0.633. The lowest BCUT2D eigenvalue weighted by Crippen LogP contribution is -1.91. The summed E-state index contributed by atoms with van der Waals surface area (Å²) in [4.78, 5) is 3.78. The first-order valence-electron chi connectivity index (χ1n) is 4.21. The molecular weight excluding hydrogens is 200 g/mol. The Morgan fingerprint density at radius 1 is 1.20 bits per heavy atom. The second-order valence-electron chi connectivity index (χ2n) is 2.77. The van der Waals surface area contributed by atoms with Crippen LogP contribution in [0.25, 0.3) is 0 Å². The van der Waals surface area contributed by atoms with Crippen LogP contribution in [0.5, 0.6) is 11.6 Å². The molecule has 0 aliphatic carbocycles. The van der Waals surface area contributed by atoms with E-state index in [0.717, 1.165) is 18.2 Å². The normalized spacial score (nSPS) is 10.0. The molecule has 1 radical (unpaired) electrons. The number of nitrogens with zero attached hydrogens (tertiary/aromatic N) is 1. The van der Waals surface area contributed by atoms with Gasteiger partial charge in [-0.25, -0.2) is 13.8 Å². The van der Waals surface area contributed by atoms with Gasteiger partial charge in [0, 0.05) is 24.4 Å². The molecule has 75 valence electrons. The molecule has 4 heteroatoms. The van der Waals surface area contributed by atoms with Gasteiger partial charge in [-0.15, -0.1) is 0 Å². The third-order valence-corrected chi connectivity index (χ3v) is 1.70. The summed E-state index contributed by atoms with van der Waals surface area (Å²) in [5, 5.41) is 0. The van der Waals surface area contributed by atoms with Crippen LogP contribution in [0.3, 0.4) is 0 Å². The zero-order chi connectivity index (χ0) is 10.7. The van der Waals surface area contributed by atoms with E-state index in [0.29, 0.717) is 0 Å². The smallest absolute Gasteiger partial charge is 0.219 e. The van der Waals surface area contributed by atoms with E-state index in [1.807, 2.05) is 0 Å². The van der Waals surface area contributed by atoms with Gasteiger partial charge in [0.15, 0.2) is 11.6 Å². The van der Waals surface area contributed by atoms with E-state index in [9.17, 15) is 8.78 Å². The predicted molar refractivity (Wildman–Crippen MR) is 49.5 cm³/mol. The van der Waals surface area contributed by atoms with Crippen LogP contribution in [0.15, 0.2) is 36.5 Å². The fourth-order valence-electron chi connectivity index (χ4n) is 1.03. The largest absolute Gasteiger partial charge is 0.436 e. The van der Waals surface area contributed by atoms with E-state index in [2.05, 4.69) is 11.1 Å². The Labute approximate surface area is 85.2 Å². The Bertz CT molecular complexity index is 459. The monoisotopic (exact) mass is 206 g/mol. The molecule has 0 aliphatic rings. The molecule has 0 spiro atoms. The SMILES string of the molecule is Fc1ccc(F)c(Oc2cc[c]cn2)c1. The minimum Gasteiger partial charge on any atom is -0.436 e. The number of benzene rings is 1. The molecule has 0 fully saturated rings. The summed E-state index contributed by atoms with van der Waals surface area (Å²) in [6.07, 6.45) is 1.38. The van der Waals surface area contributed by atoms with Crippen molar-refractivity contribution in [1.29, 1.82) is 0 Å². The molecule has 0 amide bonds. The predicted octanol–water partition coefficient (Wildman–Crippen LogP) is 2.95. The Balaban J connectivity index is 2.28. The molecule has 0 atom stereocenters. The third-order valence-electron chi connectivity index (χ3n) is 1.70. The molecule has 1 aromatic carbocycles. The van der Waals surface area contributed by atoms with Gasteiger partial charge in [0.1, 0.15) is 5.82 Å². The number of aromatic nitrogens is 1. The first-order valence-corrected chi connectivity index (χ1v) is 4.21. The molecule has 1 aromatic heterocycles. The fourth-order valence-corrected chi connectivity index (χ4v) is 1.03. The maximum atomic E-state index is 13.1. The number of hydrogen-bond acceptors (Lipinski definition) is 2. The van der Waals surface area contributed by atoms with Crippen molar-refractivity contribution < 1.29 is 13.5 Å². The molecule has 0 unspecified atom stereocenters. The number of hydrogen-bond donors (Lipinski definition) is 0. The first kappa shape index (κ1) is 9.58. The van der Waals surface area contributed by atoms with Crippen molar-refractivity contribution in [3.05, 3.63) is 54.2 Å². The van der Waals surface area contributed by atoms with Crippen LogP contribution in [0.1, 0.15) is 0 Å². The quantitative estimate of drug-likeness (QED) is 0.753. The second kappa shape index (κ2) is 4.04. The van der Waals surface area contributed by atoms with Gasteiger partial charge in [-0.05, 0) is 18.2 Å². The van der Waals surface area contributed by atoms with Crippen molar-refractivity contribution in [2.75, 3.05) is 0 Å². The summed E-state index contributed by atoms with van der Waals surface area (Å²) in [5.74, 6) is -1.19. The summed E-state index contributed by atoms with van der Waals surface area (Å²) in [6.45, 7) is 0. The molecule has 0 saturated heterocycles. The maximum absolute atomic E-state index is 13.1. The van der Waals surface area contributed by atoms with Crippen molar-refractivity contribution >= 4 is 0 Å². The third kappa shape index (κ3) is 2.28. The van der Waals surface area contributed by atoms with Crippen LogP contribution in [-0.4, -0.2) is 4.98 Å². The minimum absolute atomic E-state index is 0.186. The second-order valence-corrected chi connectivity index (χ2v) is 2.77. The topological polar surface area (TPSA) is 22.1 Å². The fraction of sp³-hybridized carbons (Fsp3) is 0. The lowest BCUT2D eigenvalue weighted by molar-refractivity contribution is 0.422. The molecule has 1 heterocycles. The van der Waals surface area contributed by atoms with Gasteiger partial charge < -0.3 is 4.74 Å².